The summed E-state index contributed by atoms with van der Waals surface area (Å²) in [6.45, 7) is 0. The summed E-state index contributed by atoms with van der Waals surface area (Å²) in [6.07, 6.45) is 1.72. The molecule has 33 heavy (non-hydrogen) atoms. The molecule has 1 N–H and O–H groups in total. The summed E-state index contributed by atoms with van der Waals surface area (Å²) in [5.41, 5.74) is 2.33. The number of carboxylic acid groups (broad SMARTS) is 1. The largest absolute Gasteiger partial charge is 0.478 e. The molecular weight excluding hydrogens is 440 g/mol. The minimum atomic E-state index is -1.05. The molecule has 1 aliphatic rings. The third kappa shape index (κ3) is 4.86. The number of carbonyl (C=O) groups excluding carboxylic acids is 2. The van der Waals surface area contributed by atoms with E-state index in [0.717, 1.165) is 5.56 Å². The molecule has 0 saturated carbocycles. The Bertz CT molecular complexity index is 1280. The molecule has 1 saturated heterocycles. The number of aromatic carboxylic acids is 1. The van der Waals surface area contributed by atoms with Gasteiger partial charge >= 0.3 is 11.9 Å². The van der Waals surface area contributed by atoms with Crippen molar-refractivity contribution in [3.63, 3.8) is 0 Å². The maximum absolute atomic E-state index is 13.3. The van der Waals surface area contributed by atoms with Crippen LogP contribution in [0.5, 0.6) is 0 Å². The molecule has 3 aromatic carbocycles. The van der Waals surface area contributed by atoms with Crippen LogP contribution in [0.1, 0.15) is 26.3 Å². The number of amidine groups is 1. The molecule has 1 fully saturated rings. The number of para-hydroxylation sites is 1. The second-order valence-electron chi connectivity index (χ2n) is 6.95. The Hall–Kier alpha value is -4.17. The molecule has 0 aromatic heterocycles. The fourth-order valence-corrected chi connectivity index (χ4v) is 4.16. The first kappa shape index (κ1) is 22.0. The lowest BCUT2D eigenvalue weighted by Gasteiger charge is -2.15. The molecule has 4 rings (SSSR count). The number of anilines is 1. The lowest BCUT2D eigenvalue weighted by molar-refractivity contribution is -0.113. The van der Waals surface area contributed by atoms with Gasteiger partial charge in [0.1, 0.15) is 0 Å². The van der Waals surface area contributed by atoms with Crippen molar-refractivity contribution in [3.05, 3.63) is 100 Å². The maximum Gasteiger partial charge on any atom is 0.337 e. The zero-order valence-electron chi connectivity index (χ0n) is 17.5. The number of methoxy groups -OCH3 is 1. The lowest BCUT2D eigenvalue weighted by atomic mass is 10.1. The van der Waals surface area contributed by atoms with E-state index in [1.165, 1.54) is 35.9 Å². The predicted molar refractivity (Wildman–Crippen MR) is 128 cm³/mol. The number of amides is 1. The summed E-state index contributed by atoms with van der Waals surface area (Å²) in [4.78, 5) is 42.8. The van der Waals surface area contributed by atoms with E-state index in [4.69, 9.17) is 4.74 Å². The number of benzene rings is 3. The van der Waals surface area contributed by atoms with Gasteiger partial charge < -0.3 is 9.84 Å². The Morgan fingerprint density at radius 3 is 2.36 bits per heavy atom. The summed E-state index contributed by atoms with van der Waals surface area (Å²) < 4.78 is 4.71. The smallest absolute Gasteiger partial charge is 0.337 e. The van der Waals surface area contributed by atoms with Crippen molar-refractivity contribution in [1.29, 1.82) is 0 Å². The number of ether oxygens (including phenoxy) is 1. The summed E-state index contributed by atoms with van der Waals surface area (Å²) in [6, 6.07) is 22.0. The van der Waals surface area contributed by atoms with Gasteiger partial charge in [-0.1, -0.05) is 36.4 Å². The first-order chi connectivity index (χ1) is 16.0. The second kappa shape index (κ2) is 9.54. The molecule has 0 radical (unpaired) electrons. The average Bonchev–Trinajstić information content (AvgIpc) is 3.14. The molecule has 164 valence electrons. The molecule has 1 amide bonds. The van der Waals surface area contributed by atoms with Gasteiger partial charge in [-0.3, -0.25) is 9.69 Å². The summed E-state index contributed by atoms with van der Waals surface area (Å²) in [5.74, 6) is -1.74. The predicted octanol–water partition coefficient (Wildman–Crippen LogP) is 4.98. The standard InChI is InChI=1S/C25H18N2O5S/c1-32-24(31)17-12-10-16(11-13-17)14-21-22(28)27(20-8-3-2-4-9-20)25(33-21)26-19-7-5-6-18(15-19)23(29)30/h2-15H,1H3,(H,29,30)/b21-14-,26-25?. The number of carboxylic acids is 1. The van der Waals surface area contributed by atoms with Crippen LogP contribution in [0.25, 0.3) is 6.08 Å². The number of rotatable bonds is 5. The highest BCUT2D eigenvalue weighted by molar-refractivity contribution is 8.19. The number of aliphatic imine (C=N–C) groups is 1. The average molecular weight is 458 g/mol. The molecule has 0 aliphatic carbocycles. The number of nitrogens with zero attached hydrogens (tertiary/aromatic N) is 2. The number of esters is 1. The Labute approximate surface area is 194 Å². The first-order valence-electron chi connectivity index (χ1n) is 9.86. The normalized spacial score (nSPS) is 15.8. The van der Waals surface area contributed by atoms with E-state index >= 15 is 0 Å². The fraction of sp³-hybridized carbons (Fsp3) is 0.0400. The summed E-state index contributed by atoms with van der Waals surface area (Å²) in [7, 11) is 1.32. The van der Waals surface area contributed by atoms with Gasteiger partial charge in [0.15, 0.2) is 5.17 Å². The van der Waals surface area contributed by atoms with E-state index in [1.54, 1.807) is 54.6 Å². The monoisotopic (exact) mass is 458 g/mol. The minimum absolute atomic E-state index is 0.110. The molecule has 0 spiro atoms. The fourth-order valence-electron chi connectivity index (χ4n) is 3.16. The van der Waals surface area contributed by atoms with Gasteiger partial charge in [-0.15, -0.1) is 0 Å². The number of carbonyl (C=O) groups is 3. The minimum Gasteiger partial charge on any atom is -0.478 e. The highest BCUT2D eigenvalue weighted by Gasteiger charge is 2.34. The Kier molecular flexibility index (Phi) is 6.37. The van der Waals surface area contributed by atoms with Gasteiger partial charge in [0.2, 0.25) is 0 Å². The SMILES string of the molecule is COC(=O)c1ccc(/C=C2\SC(=Nc3cccc(C(=O)O)c3)N(c3ccccc3)C2=O)cc1. The zero-order chi connectivity index (χ0) is 23.4. The molecule has 1 aliphatic heterocycles. The zero-order valence-corrected chi connectivity index (χ0v) is 18.3. The van der Waals surface area contributed by atoms with Gasteiger partial charge in [-0.05, 0) is 65.9 Å². The van der Waals surface area contributed by atoms with E-state index in [1.807, 2.05) is 18.2 Å². The number of thioether (sulfide) groups is 1. The van der Waals surface area contributed by atoms with Crippen molar-refractivity contribution in [2.24, 2.45) is 4.99 Å². The van der Waals surface area contributed by atoms with Crippen LogP contribution >= 0.6 is 11.8 Å². The van der Waals surface area contributed by atoms with E-state index in [2.05, 4.69) is 4.99 Å². The van der Waals surface area contributed by atoms with Crippen LogP contribution in [-0.4, -0.2) is 35.2 Å². The van der Waals surface area contributed by atoms with Crippen LogP contribution in [0.15, 0.2) is 88.8 Å². The summed E-state index contributed by atoms with van der Waals surface area (Å²) >= 11 is 1.19. The lowest BCUT2D eigenvalue weighted by Crippen LogP contribution is -2.28. The molecular formula is C25H18N2O5S. The molecule has 0 unspecified atom stereocenters. The third-order valence-electron chi connectivity index (χ3n) is 4.77. The van der Waals surface area contributed by atoms with Gasteiger partial charge in [0.25, 0.3) is 5.91 Å². The van der Waals surface area contributed by atoms with Gasteiger partial charge in [0, 0.05) is 0 Å². The second-order valence-corrected chi connectivity index (χ2v) is 7.96. The van der Waals surface area contributed by atoms with Crippen LogP contribution in [0.2, 0.25) is 0 Å². The highest BCUT2D eigenvalue weighted by atomic mass is 32.2. The van der Waals surface area contributed by atoms with Crippen molar-refractivity contribution >= 4 is 52.2 Å². The first-order valence-corrected chi connectivity index (χ1v) is 10.7. The van der Waals surface area contributed by atoms with Crippen molar-refractivity contribution in [2.75, 3.05) is 12.0 Å². The highest BCUT2D eigenvalue weighted by Crippen LogP contribution is 2.37. The van der Waals surface area contributed by atoms with E-state index in [9.17, 15) is 19.5 Å². The van der Waals surface area contributed by atoms with Crippen LogP contribution in [0, 0.1) is 0 Å². The van der Waals surface area contributed by atoms with E-state index in [0.29, 0.717) is 27.0 Å². The molecule has 3 aromatic rings. The van der Waals surface area contributed by atoms with E-state index in [-0.39, 0.29) is 11.5 Å². The Balaban J connectivity index is 1.72. The van der Waals surface area contributed by atoms with Crippen LogP contribution < -0.4 is 4.90 Å². The topological polar surface area (TPSA) is 96.3 Å². The van der Waals surface area contributed by atoms with Crippen molar-refractivity contribution in [3.8, 4) is 0 Å². The van der Waals surface area contributed by atoms with Crippen molar-refractivity contribution < 1.29 is 24.2 Å². The summed E-state index contributed by atoms with van der Waals surface area (Å²) in [5, 5.41) is 9.67. The maximum atomic E-state index is 13.3. The van der Waals surface area contributed by atoms with Crippen molar-refractivity contribution in [1.82, 2.24) is 0 Å². The molecule has 0 atom stereocenters. The molecule has 0 bridgehead atoms. The Morgan fingerprint density at radius 1 is 0.970 bits per heavy atom. The molecule has 7 nitrogen and oxygen atoms in total. The molecule has 1 heterocycles. The van der Waals surface area contributed by atoms with Gasteiger partial charge in [-0.2, -0.15) is 0 Å². The quantitative estimate of drug-likeness (QED) is 0.428. The van der Waals surface area contributed by atoms with Crippen LogP contribution in [-0.2, 0) is 9.53 Å². The number of hydrogen-bond donors (Lipinski definition) is 1. The Morgan fingerprint density at radius 2 is 1.70 bits per heavy atom. The number of hydrogen-bond acceptors (Lipinski definition) is 6. The van der Waals surface area contributed by atoms with Crippen LogP contribution in [0.3, 0.4) is 0 Å². The van der Waals surface area contributed by atoms with Crippen molar-refractivity contribution in [2.45, 2.75) is 0 Å². The molecule has 8 heteroatoms. The van der Waals surface area contributed by atoms with Gasteiger partial charge in [0.05, 0.1) is 34.5 Å². The van der Waals surface area contributed by atoms with E-state index < -0.39 is 11.9 Å². The van der Waals surface area contributed by atoms with Gasteiger partial charge in [-0.25, -0.2) is 14.6 Å². The third-order valence-corrected chi connectivity index (χ3v) is 5.74. The van der Waals surface area contributed by atoms with Crippen LogP contribution in [0.4, 0.5) is 11.4 Å².